The molecule has 0 saturated carbocycles. The number of sulfone groups is 1. The predicted octanol–water partition coefficient (Wildman–Crippen LogP) is 3.78. The predicted molar refractivity (Wildman–Crippen MR) is 88.2 cm³/mol. The van der Waals surface area contributed by atoms with E-state index < -0.39 is 15.7 Å². The number of hydrogen-bond acceptors (Lipinski definition) is 3. The highest BCUT2D eigenvalue weighted by molar-refractivity contribution is 7.91. The number of carbonyl (C=O) groups is 1. The Morgan fingerprint density at radius 2 is 1.73 bits per heavy atom. The zero-order valence-corrected chi connectivity index (χ0v) is 13.6. The molecule has 0 aliphatic heterocycles. The van der Waals surface area contributed by atoms with Crippen molar-refractivity contribution in [1.82, 2.24) is 0 Å². The minimum absolute atomic E-state index is 0.0121. The van der Waals surface area contributed by atoms with Gasteiger partial charge in [-0.2, -0.15) is 0 Å². The first-order valence-electron chi connectivity index (χ1n) is 6.83. The molecule has 0 fully saturated rings. The molecule has 6 heteroatoms. The molecule has 0 radical (unpaired) electrons. The summed E-state index contributed by atoms with van der Waals surface area (Å²) in [7, 11) is -3.47. The molecular formula is C16H16ClNO3S. The van der Waals surface area contributed by atoms with Gasteiger partial charge in [0.05, 0.1) is 16.2 Å². The van der Waals surface area contributed by atoms with Crippen LogP contribution < -0.4 is 5.32 Å². The number of hydrogen-bond donors (Lipinski definition) is 1. The third-order valence-electron chi connectivity index (χ3n) is 3.04. The Hall–Kier alpha value is -1.85. The number of carbonyl (C=O) groups excluding carboxylic acids is 1. The highest BCUT2D eigenvalue weighted by Gasteiger charge is 2.21. The summed E-state index contributed by atoms with van der Waals surface area (Å²) in [4.78, 5) is 12.4. The fourth-order valence-electron chi connectivity index (χ4n) is 2.04. The molecule has 0 unspecified atom stereocenters. The van der Waals surface area contributed by atoms with Gasteiger partial charge >= 0.3 is 0 Å². The molecule has 2 aromatic carbocycles. The Labute approximate surface area is 135 Å². The molecule has 1 amide bonds. The SMILES string of the molecule is CCCS(=O)(=O)c1ccccc1C(=O)Nc1ccc(Cl)cc1. The minimum atomic E-state index is -3.47. The van der Waals surface area contributed by atoms with E-state index in [1.165, 1.54) is 12.1 Å². The molecule has 0 aliphatic carbocycles. The van der Waals surface area contributed by atoms with Crippen molar-refractivity contribution >= 4 is 33.0 Å². The van der Waals surface area contributed by atoms with E-state index in [9.17, 15) is 13.2 Å². The molecular weight excluding hydrogens is 322 g/mol. The lowest BCUT2D eigenvalue weighted by atomic mass is 10.2. The highest BCUT2D eigenvalue weighted by Crippen LogP contribution is 2.20. The molecule has 22 heavy (non-hydrogen) atoms. The van der Waals surface area contributed by atoms with E-state index in [4.69, 9.17) is 11.6 Å². The van der Waals surface area contributed by atoms with Crippen LogP contribution >= 0.6 is 11.6 Å². The van der Waals surface area contributed by atoms with Crippen molar-refractivity contribution in [3.05, 3.63) is 59.1 Å². The van der Waals surface area contributed by atoms with E-state index in [0.717, 1.165) is 0 Å². The van der Waals surface area contributed by atoms with Crippen LogP contribution in [0.1, 0.15) is 23.7 Å². The van der Waals surface area contributed by atoms with Crippen LogP contribution in [0.2, 0.25) is 5.02 Å². The molecule has 0 aromatic heterocycles. The lowest BCUT2D eigenvalue weighted by Crippen LogP contribution is -2.17. The van der Waals surface area contributed by atoms with Gasteiger partial charge in [-0.15, -0.1) is 0 Å². The van der Waals surface area contributed by atoms with Crippen molar-refractivity contribution in [2.75, 3.05) is 11.1 Å². The zero-order chi connectivity index (χ0) is 16.2. The Bertz CT molecular complexity index is 770. The van der Waals surface area contributed by atoms with E-state index in [-0.39, 0.29) is 16.2 Å². The summed E-state index contributed by atoms with van der Waals surface area (Å²) in [5.74, 6) is -0.448. The monoisotopic (exact) mass is 337 g/mol. The smallest absolute Gasteiger partial charge is 0.256 e. The Kier molecular flexibility index (Phi) is 5.21. The molecule has 0 spiro atoms. The molecule has 0 aliphatic rings. The summed E-state index contributed by atoms with van der Waals surface area (Å²) < 4.78 is 24.5. The van der Waals surface area contributed by atoms with Crippen LogP contribution in [0, 0.1) is 0 Å². The topological polar surface area (TPSA) is 63.2 Å². The summed E-state index contributed by atoms with van der Waals surface area (Å²) in [5, 5.41) is 3.24. The Morgan fingerprint density at radius 1 is 1.09 bits per heavy atom. The van der Waals surface area contributed by atoms with Gasteiger partial charge in [-0.05, 0) is 42.8 Å². The quantitative estimate of drug-likeness (QED) is 0.903. The van der Waals surface area contributed by atoms with Crippen molar-refractivity contribution < 1.29 is 13.2 Å². The van der Waals surface area contributed by atoms with Crippen LogP contribution in [0.4, 0.5) is 5.69 Å². The fraction of sp³-hybridized carbons (Fsp3) is 0.188. The molecule has 0 saturated heterocycles. The summed E-state index contributed by atoms with van der Waals surface area (Å²) in [6, 6.07) is 12.8. The lowest BCUT2D eigenvalue weighted by molar-refractivity contribution is 0.102. The Morgan fingerprint density at radius 3 is 2.36 bits per heavy atom. The van der Waals surface area contributed by atoms with E-state index in [1.807, 2.05) is 0 Å². The van der Waals surface area contributed by atoms with Gasteiger partial charge in [-0.25, -0.2) is 8.42 Å². The first-order valence-corrected chi connectivity index (χ1v) is 8.86. The van der Waals surface area contributed by atoms with E-state index in [0.29, 0.717) is 17.1 Å². The van der Waals surface area contributed by atoms with Crippen LogP contribution in [0.3, 0.4) is 0 Å². The van der Waals surface area contributed by atoms with Gasteiger partial charge in [0.25, 0.3) is 5.91 Å². The van der Waals surface area contributed by atoms with Crippen LogP contribution in [0.5, 0.6) is 0 Å². The van der Waals surface area contributed by atoms with Crippen LogP contribution in [-0.4, -0.2) is 20.1 Å². The fourth-order valence-corrected chi connectivity index (χ4v) is 3.70. The first kappa shape index (κ1) is 16.5. The number of amides is 1. The van der Waals surface area contributed by atoms with Crippen molar-refractivity contribution in [2.24, 2.45) is 0 Å². The lowest BCUT2D eigenvalue weighted by Gasteiger charge is -2.10. The van der Waals surface area contributed by atoms with E-state index >= 15 is 0 Å². The molecule has 2 rings (SSSR count). The van der Waals surface area contributed by atoms with E-state index in [2.05, 4.69) is 5.32 Å². The summed E-state index contributed by atoms with van der Waals surface area (Å²) in [5.41, 5.74) is 0.697. The van der Waals surface area contributed by atoms with Crippen molar-refractivity contribution in [3.8, 4) is 0 Å². The van der Waals surface area contributed by atoms with Gasteiger partial charge in [-0.3, -0.25) is 4.79 Å². The molecule has 116 valence electrons. The molecule has 4 nitrogen and oxygen atoms in total. The minimum Gasteiger partial charge on any atom is -0.322 e. The summed E-state index contributed by atoms with van der Waals surface area (Å²) in [6.45, 7) is 1.79. The maximum Gasteiger partial charge on any atom is 0.256 e. The van der Waals surface area contributed by atoms with Gasteiger partial charge < -0.3 is 5.32 Å². The van der Waals surface area contributed by atoms with Gasteiger partial charge in [0.1, 0.15) is 0 Å². The molecule has 0 atom stereocenters. The third-order valence-corrected chi connectivity index (χ3v) is 5.27. The van der Waals surface area contributed by atoms with Crippen LogP contribution in [0.15, 0.2) is 53.4 Å². The van der Waals surface area contributed by atoms with Crippen molar-refractivity contribution in [2.45, 2.75) is 18.2 Å². The molecule has 0 bridgehead atoms. The second-order valence-corrected chi connectivity index (χ2v) is 7.29. The van der Waals surface area contributed by atoms with Gasteiger partial charge in [0.15, 0.2) is 9.84 Å². The zero-order valence-electron chi connectivity index (χ0n) is 12.0. The van der Waals surface area contributed by atoms with Crippen molar-refractivity contribution in [1.29, 1.82) is 0 Å². The highest BCUT2D eigenvalue weighted by atomic mass is 35.5. The number of rotatable bonds is 5. The second-order valence-electron chi connectivity index (χ2n) is 4.78. The maximum absolute atomic E-state index is 12.4. The average Bonchev–Trinajstić information content (AvgIpc) is 2.49. The molecule has 2 aromatic rings. The van der Waals surface area contributed by atoms with Crippen LogP contribution in [0.25, 0.3) is 0 Å². The number of benzene rings is 2. The number of anilines is 1. The average molecular weight is 338 g/mol. The summed E-state index contributed by atoms with van der Waals surface area (Å²) in [6.07, 6.45) is 0.496. The molecule has 1 N–H and O–H groups in total. The standard InChI is InChI=1S/C16H16ClNO3S/c1-2-11-22(20,21)15-6-4-3-5-14(15)16(19)18-13-9-7-12(17)8-10-13/h3-10H,2,11H2,1H3,(H,18,19). The van der Waals surface area contributed by atoms with Crippen LogP contribution in [-0.2, 0) is 9.84 Å². The third kappa shape index (κ3) is 3.87. The maximum atomic E-state index is 12.4. The largest absolute Gasteiger partial charge is 0.322 e. The van der Waals surface area contributed by atoms with Gasteiger partial charge in [0, 0.05) is 10.7 Å². The van der Waals surface area contributed by atoms with E-state index in [1.54, 1.807) is 43.3 Å². The number of nitrogens with one attached hydrogen (secondary N) is 1. The van der Waals surface area contributed by atoms with Crippen molar-refractivity contribution in [3.63, 3.8) is 0 Å². The first-order chi connectivity index (χ1) is 10.4. The van der Waals surface area contributed by atoms with Gasteiger partial charge in [-0.1, -0.05) is 30.7 Å². The van der Waals surface area contributed by atoms with Gasteiger partial charge in [0.2, 0.25) is 0 Å². The number of halogens is 1. The molecule has 0 heterocycles. The second kappa shape index (κ2) is 6.94. The Balaban J connectivity index is 2.32. The normalized spacial score (nSPS) is 11.2. The summed E-state index contributed by atoms with van der Waals surface area (Å²) >= 11 is 5.79.